The van der Waals surface area contributed by atoms with Crippen molar-refractivity contribution >= 4 is 23.2 Å². The molecule has 2 aromatic heterocycles. The van der Waals surface area contributed by atoms with Crippen molar-refractivity contribution in [3.8, 4) is 11.1 Å². The maximum Gasteiger partial charge on any atom is 0.305 e. The molecule has 0 saturated heterocycles. The van der Waals surface area contributed by atoms with Gasteiger partial charge in [0.25, 0.3) is 5.91 Å². The van der Waals surface area contributed by atoms with E-state index in [-0.39, 0.29) is 18.4 Å². The number of aromatic nitrogens is 1. The quantitative estimate of drug-likeness (QED) is 0.900. The zero-order valence-corrected chi connectivity index (χ0v) is 10.8. The summed E-state index contributed by atoms with van der Waals surface area (Å²) < 4.78 is 1.78. The van der Waals surface area contributed by atoms with E-state index in [0.29, 0.717) is 12.2 Å². The fourth-order valence-electron chi connectivity index (χ4n) is 2.32. The SMILES string of the molecule is O=C(O)CC1CNC(=O)c2cc(-c3ccsc3)cn21. The summed E-state index contributed by atoms with van der Waals surface area (Å²) in [7, 11) is 0. The van der Waals surface area contributed by atoms with E-state index in [0.717, 1.165) is 11.1 Å². The Bertz CT molecular complexity index is 630. The van der Waals surface area contributed by atoms with Gasteiger partial charge in [0.2, 0.25) is 0 Å². The van der Waals surface area contributed by atoms with Gasteiger partial charge in [0.05, 0.1) is 12.5 Å². The number of nitrogens with one attached hydrogen (secondary N) is 1. The Morgan fingerprint density at radius 1 is 1.53 bits per heavy atom. The Hall–Kier alpha value is -2.08. The first kappa shape index (κ1) is 12.0. The zero-order valence-electron chi connectivity index (χ0n) is 10.00. The van der Waals surface area contributed by atoms with Crippen molar-refractivity contribution in [2.45, 2.75) is 12.5 Å². The molecule has 3 heterocycles. The Balaban J connectivity index is 2.02. The lowest BCUT2D eigenvalue weighted by molar-refractivity contribution is -0.137. The number of fused-ring (bicyclic) bond motifs is 1. The smallest absolute Gasteiger partial charge is 0.305 e. The van der Waals surface area contributed by atoms with Crippen molar-refractivity contribution in [2.75, 3.05) is 6.54 Å². The highest BCUT2D eigenvalue weighted by atomic mass is 32.1. The third kappa shape index (κ3) is 2.15. The van der Waals surface area contributed by atoms with Crippen molar-refractivity contribution in [2.24, 2.45) is 0 Å². The van der Waals surface area contributed by atoms with Gasteiger partial charge >= 0.3 is 5.97 Å². The summed E-state index contributed by atoms with van der Waals surface area (Å²) in [5, 5.41) is 15.6. The molecule has 1 atom stereocenters. The van der Waals surface area contributed by atoms with Crippen molar-refractivity contribution in [1.29, 1.82) is 0 Å². The van der Waals surface area contributed by atoms with Gasteiger partial charge in [-0.2, -0.15) is 11.3 Å². The first-order chi connectivity index (χ1) is 9.15. The van der Waals surface area contributed by atoms with Crippen LogP contribution in [0.3, 0.4) is 0 Å². The molecule has 2 N–H and O–H groups in total. The Morgan fingerprint density at radius 2 is 2.37 bits per heavy atom. The van der Waals surface area contributed by atoms with Gasteiger partial charge in [0.1, 0.15) is 5.69 Å². The maximum absolute atomic E-state index is 11.8. The van der Waals surface area contributed by atoms with Gasteiger partial charge < -0.3 is 15.0 Å². The molecule has 0 bridgehead atoms. The van der Waals surface area contributed by atoms with E-state index in [2.05, 4.69) is 5.32 Å². The molecule has 6 heteroatoms. The normalized spacial score (nSPS) is 17.9. The van der Waals surface area contributed by atoms with Crippen LogP contribution in [-0.4, -0.2) is 28.1 Å². The van der Waals surface area contributed by atoms with E-state index in [1.165, 1.54) is 0 Å². The van der Waals surface area contributed by atoms with Crippen LogP contribution in [0.2, 0.25) is 0 Å². The number of hydrogen-bond acceptors (Lipinski definition) is 3. The number of aliphatic carboxylic acids is 1. The highest BCUT2D eigenvalue weighted by Gasteiger charge is 2.27. The first-order valence-corrected chi connectivity index (χ1v) is 6.84. The lowest BCUT2D eigenvalue weighted by atomic mass is 10.1. The molecule has 0 spiro atoms. The summed E-state index contributed by atoms with van der Waals surface area (Å²) in [6.45, 7) is 0.357. The lowest BCUT2D eigenvalue weighted by Crippen LogP contribution is -2.39. The molecule has 0 fully saturated rings. The fourth-order valence-corrected chi connectivity index (χ4v) is 2.99. The molecule has 3 rings (SSSR count). The molecular weight excluding hydrogens is 264 g/mol. The number of rotatable bonds is 3. The van der Waals surface area contributed by atoms with E-state index >= 15 is 0 Å². The number of nitrogens with zero attached hydrogens (tertiary/aromatic N) is 1. The summed E-state index contributed by atoms with van der Waals surface area (Å²) >= 11 is 1.59. The molecule has 19 heavy (non-hydrogen) atoms. The van der Waals surface area contributed by atoms with Crippen LogP contribution < -0.4 is 5.32 Å². The highest BCUT2D eigenvalue weighted by molar-refractivity contribution is 7.08. The van der Waals surface area contributed by atoms with Crippen LogP contribution in [0.4, 0.5) is 0 Å². The molecule has 98 valence electrons. The highest BCUT2D eigenvalue weighted by Crippen LogP contribution is 2.29. The van der Waals surface area contributed by atoms with Crippen molar-refractivity contribution in [3.63, 3.8) is 0 Å². The van der Waals surface area contributed by atoms with Crippen LogP contribution in [0.1, 0.15) is 23.0 Å². The number of carbonyl (C=O) groups is 2. The summed E-state index contributed by atoms with van der Waals surface area (Å²) in [5.74, 6) is -1.01. The lowest BCUT2D eigenvalue weighted by Gasteiger charge is -2.25. The van der Waals surface area contributed by atoms with Crippen molar-refractivity contribution < 1.29 is 14.7 Å². The molecule has 0 aromatic carbocycles. The topological polar surface area (TPSA) is 71.3 Å². The second-order valence-corrected chi connectivity index (χ2v) is 5.28. The van der Waals surface area contributed by atoms with E-state index < -0.39 is 5.97 Å². The summed E-state index contributed by atoms with van der Waals surface area (Å²) in [4.78, 5) is 22.7. The number of carboxylic acid groups (broad SMARTS) is 1. The minimum absolute atomic E-state index is 0.00500. The van der Waals surface area contributed by atoms with Crippen LogP contribution >= 0.6 is 11.3 Å². The van der Waals surface area contributed by atoms with Gasteiger partial charge in [-0.15, -0.1) is 0 Å². The number of thiophene rings is 1. The van der Waals surface area contributed by atoms with Crippen molar-refractivity contribution in [3.05, 3.63) is 34.8 Å². The zero-order chi connectivity index (χ0) is 13.4. The predicted octanol–water partition coefficient (Wildman–Crippen LogP) is 1.98. The van der Waals surface area contributed by atoms with Crippen LogP contribution in [0.15, 0.2) is 29.1 Å². The Kier molecular flexibility index (Phi) is 2.87. The average Bonchev–Trinajstić information content (AvgIpc) is 2.99. The number of carbonyl (C=O) groups excluding carboxylic acids is 1. The van der Waals surface area contributed by atoms with Crippen molar-refractivity contribution in [1.82, 2.24) is 9.88 Å². The largest absolute Gasteiger partial charge is 0.481 e. The molecular formula is C13H12N2O3S. The molecule has 0 radical (unpaired) electrons. The molecule has 0 aliphatic carbocycles. The Morgan fingerprint density at radius 3 is 3.05 bits per heavy atom. The van der Waals surface area contributed by atoms with E-state index in [9.17, 15) is 9.59 Å². The summed E-state index contributed by atoms with van der Waals surface area (Å²) in [5.41, 5.74) is 2.52. The van der Waals surface area contributed by atoms with E-state index in [1.807, 2.05) is 29.1 Å². The fraction of sp³-hybridized carbons (Fsp3) is 0.231. The van der Waals surface area contributed by atoms with Gasteiger partial charge in [0, 0.05) is 18.3 Å². The molecule has 1 amide bonds. The average molecular weight is 276 g/mol. The predicted molar refractivity (Wildman–Crippen MR) is 71.4 cm³/mol. The molecule has 1 aliphatic heterocycles. The second-order valence-electron chi connectivity index (χ2n) is 4.50. The minimum atomic E-state index is -0.863. The van der Waals surface area contributed by atoms with Gasteiger partial charge in [-0.3, -0.25) is 9.59 Å². The number of amides is 1. The first-order valence-electron chi connectivity index (χ1n) is 5.89. The van der Waals surface area contributed by atoms with E-state index in [1.54, 1.807) is 15.9 Å². The van der Waals surface area contributed by atoms with Gasteiger partial charge in [-0.25, -0.2) is 0 Å². The van der Waals surface area contributed by atoms with Gasteiger partial charge in [-0.1, -0.05) is 0 Å². The van der Waals surface area contributed by atoms with Gasteiger partial charge in [0.15, 0.2) is 0 Å². The monoisotopic (exact) mass is 276 g/mol. The third-order valence-electron chi connectivity index (χ3n) is 3.24. The van der Waals surface area contributed by atoms with Crippen LogP contribution in [-0.2, 0) is 4.79 Å². The molecule has 1 unspecified atom stereocenters. The van der Waals surface area contributed by atoms with E-state index in [4.69, 9.17) is 5.11 Å². The minimum Gasteiger partial charge on any atom is -0.481 e. The van der Waals surface area contributed by atoms with Crippen LogP contribution in [0.5, 0.6) is 0 Å². The molecule has 0 saturated carbocycles. The standard InChI is InChI=1S/C13H12N2O3S/c16-12(17)4-10-5-14-13(18)11-3-9(6-15(10)11)8-1-2-19-7-8/h1-3,6-7,10H,4-5H2,(H,14,18)(H,16,17). The molecule has 5 nitrogen and oxygen atoms in total. The third-order valence-corrected chi connectivity index (χ3v) is 3.92. The Labute approximate surface area is 113 Å². The summed E-state index contributed by atoms with van der Waals surface area (Å²) in [6, 6.07) is 3.57. The van der Waals surface area contributed by atoms with Gasteiger partial charge in [-0.05, 0) is 28.5 Å². The summed E-state index contributed by atoms with van der Waals surface area (Å²) in [6.07, 6.45) is 1.87. The second kappa shape index (κ2) is 4.55. The molecule has 1 aliphatic rings. The maximum atomic E-state index is 11.8. The number of hydrogen-bond donors (Lipinski definition) is 2. The van der Waals surface area contributed by atoms with Crippen LogP contribution in [0, 0.1) is 0 Å². The van der Waals surface area contributed by atoms with Crippen LogP contribution in [0.25, 0.3) is 11.1 Å². The molecule has 2 aromatic rings. The number of carboxylic acids is 1.